The van der Waals surface area contributed by atoms with Crippen LogP contribution in [0.25, 0.3) is 11.3 Å². The third-order valence-electron chi connectivity index (χ3n) is 3.60. The van der Waals surface area contributed by atoms with Crippen molar-refractivity contribution in [2.45, 2.75) is 20.4 Å². The zero-order valence-corrected chi connectivity index (χ0v) is 15.0. The normalized spacial score (nSPS) is 10.6. The molecule has 0 spiro atoms. The maximum atomic E-state index is 12.5. The van der Waals surface area contributed by atoms with Crippen LogP contribution in [0.2, 0.25) is 0 Å². The van der Waals surface area contributed by atoms with Crippen molar-refractivity contribution >= 4 is 5.97 Å². The first-order chi connectivity index (χ1) is 11.9. The zero-order valence-electron chi connectivity index (χ0n) is 15.0. The van der Waals surface area contributed by atoms with E-state index in [1.54, 1.807) is 25.3 Å². The van der Waals surface area contributed by atoms with Gasteiger partial charge in [-0.05, 0) is 30.2 Å². The lowest BCUT2D eigenvalue weighted by Crippen LogP contribution is -2.30. The van der Waals surface area contributed by atoms with Gasteiger partial charge in [0.25, 0.3) is 5.56 Å². The van der Waals surface area contributed by atoms with Crippen molar-refractivity contribution < 1.29 is 19.0 Å². The van der Waals surface area contributed by atoms with Crippen LogP contribution in [0.15, 0.2) is 29.1 Å². The van der Waals surface area contributed by atoms with Gasteiger partial charge in [0.05, 0.1) is 27.0 Å². The molecule has 0 radical (unpaired) electrons. The van der Waals surface area contributed by atoms with Gasteiger partial charge in [0.15, 0.2) is 11.5 Å². The van der Waals surface area contributed by atoms with Crippen molar-refractivity contribution in [1.29, 1.82) is 0 Å². The molecule has 0 N–H and O–H groups in total. The Kier molecular flexibility index (Phi) is 5.80. The van der Waals surface area contributed by atoms with Crippen LogP contribution < -0.4 is 15.0 Å². The van der Waals surface area contributed by atoms with E-state index >= 15 is 0 Å². The summed E-state index contributed by atoms with van der Waals surface area (Å²) in [5, 5.41) is 4.39. The van der Waals surface area contributed by atoms with Crippen LogP contribution in [-0.2, 0) is 11.3 Å². The standard InChI is InChI=1S/C18H22N2O5/c1-11(2)10-20-17(21)13(18(22)25-5)9-14(19-20)12-6-7-15(23-3)16(8-12)24-4/h6-9,11H,10H2,1-5H3. The maximum absolute atomic E-state index is 12.5. The van der Waals surface area contributed by atoms with Gasteiger partial charge in [0, 0.05) is 12.1 Å². The van der Waals surface area contributed by atoms with Crippen molar-refractivity contribution in [2.24, 2.45) is 5.92 Å². The first-order valence-corrected chi connectivity index (χ1v) is 7.84. The fraction of sp³-hybridized carbons (Fsp3) is 0.389. The molecule has 25 heavy (non-hydrogen) atoms. The van der Waals surface area contributed by atoms with E-state index in [0.717, 1.165) is 0 Å². The topological polar surface area (TPSA) is 79.7 Å². The minimum Gasteiger partial charge on any atom is -0.493 e. The van der Waals surface area contributed by atoms with Crippen molar-refractivity contribution in [3.8, 4) is 22.8 Å². The van der Waals surface area contributed by atoms with Crippen molar-refractivity contribution in [1.82, 2.24) is 9.78 Å². The highest BCUT2D eigenvalue weighted by Gasteiger charge is 2.18. The summed E-state index contributed by atoms with van der Waals surface area (Å²) < 4.78 is 16.5. The molecular formula is C18H22N2O5. The Morgan fingerprint density at radius 2 is 1.80 bits per heavy atom. The lowest BCUT2D eigenvalue weighted by molar-refractivity contribution is 0.0597. The van der Waals surface area contributed by atoms with Gasteiger partial charge in [-0.3, -0.25) is 4.79 Å². The Morgan fingerprint density at radius 1 is 1.12 bits per heavy atom. The summed E-state index contributed by atoms with van der Waals surface area (Å²) in [5.74, 6) is 0.612. The molecule has 1 aromatic carbocycles. The summed E-state index contributed by atoms with van der Waals surface area (Å²) in [7, 11) is 4.33. The molecule has 0 bridgehead atoms. The Hall–Kier alpha value is -2.83. The molecule has 0 atom stereocenters. The van der Waals surface area contributed by atoms with Crippen LogP contribution in [0.4, 0.5) is 0 Å². The summed E-state index contributed by atoms with van der Waals surface area (Å²) in [5.41, 5.74) is 0.648. The predicted octanol–water partition coefficient (Wildman–Crippen LogP) is 2.37. The number of ether oxygens (including phenoxy) is 3. The highest BCUT2D eigenvalue weighted by Crippen LogP contribution is 2.31. The number of rotatable bonds is 6. The molecule has 0 aliphatic rings. The van der Waals surface area contributed by atoms with Crippen molar-refractivity contribution in [3.63, 3.8) is 0 Å². The Bertz CT molecular complexity index is 827. The second kappa shape index (κ2) is 7.83. The number of carbonyl (C=O) groups excluding carboxylic acids is 1. The number of nitrogens with zero attached hydrogens (tertiary/aromatic N) is 2. The van der Waals surface area contributed by atoms with E-state index in [2.05, 4.69) is 5.10 Å². The fourth-order valence-corrected chi connectivity index (χ4v) is 2.40. The smallest absolute Gasteiger partial charge is 0.343 e. The van der Waals surface area contributed by atoms with Gasteiger partial charge >= 0.3 is 5.97 Å². The lowest BCUT2D eigenvalue weighted by Gasteiger charge is -2.13. The predicted molar refractivity (Wildman–Crippen MR) is 93.2 cm³/mol. The maximum Gasteiger partial charge on any atom is 0.343 e. The summed E-state index contributed by atoms with van der Waals surface area (Å²) in [6.07, 6.45) is 0. The van der Waals surface area contributed by atoms with E-state index in [-0.39, 0.29) is 11.5 Å². The zero-order chi connectivity index (χ0) is 18.6. The van der Waals surface area contributed by atoms with Crippen LogP contribution in [-0.4, -0.2) is 37.1 Å². The van der Waals surface area contributed by atoms with E-state index in [4.69, 9.17) is 14.2 Å². The summed E-state index contributed by atoms with van der Waals surface area (Å²) in [6.45, 7) is 4.33. The number of methoxy groups -OCH3 is 3. The highest BCUT2D eigenvalue weighted by molar-refractivity contribution is 5.90. The van der Waals surface area contributed by atoms with E-state index in [9.17, 15) is 9.59 Å². The molecule has 0 aliphatic carbocycles. The fourth-order valence-electron chi connectivity index (χ4n) is 2.40. The molecule has 0 saturated carbocycles. The molecule has 7 heteroatoms. The van der Waals surface area contributed by atoms with Gasteiger partial charge in [0.2, 0.25) is 0 Å². The molecule has 1 aromatic heterocycles. The van der Waals surface area contributed by atoms with Gasteiger partial charge in [-0.15, -0.1) is 0 Å². The van der Waals surface area contributed by atoms with Gasteiger partial charge in [-0.2, -0.15) is 5.10 Å². The first-order valence-electron chi connectivity index (χ1n) is 7.84. The van der Waals surface area contributed by atoms with Gasteiger partial charge in [0.1, 0.15) is 5.56 Å². The summed E-state index contributed by atoms with van der Waals surface area (Å²) in [6, 6.07) is 6.71. The molecule has 1 heterocycles. The Labute approximate surface area is 146 Å². The molecule has 0 amide bonds. The van der Waals surface area contributed by atoms with Gasteiger partial charge < -0.3 is 14.2 Å². The van der Waals surface area contributed by atoms with Gasteiger partial charge in [-0.25, -0.2) is 9.48 Å². The second-order valence-electron chi connectivity index (χ2n) is 5.89. The molecule has 0 fully saturated rings. The van der Waals surface area contributed by atoms with Crippen molar-refractivity contribution in [3.05, 3.63) is 40.2 Å². The molecule has 0 aliphatic heterocycles. The number of hydrogen-bond donors (Lipinski definition) is 0. The van der Waals surface area contributed by atoms with E-state index in [1.165, 1.54) is 25.0 Å². The largest absolute Gasteiger partial charge is 0.493 e. The molecule has 7 nitrogen and oxygen atoms in total. The second-order valence-corrected chi connectivity index (χ2v) is 5.89. The molecule has 2 rings (SSSR count). The Balaban J connectivity index is 2.64. The minimum atomic E-state index is -0.688. The average molecular weight is 346 g/mol. The molecule has 0 saturated heterocycles. The molecule has 0 unspecified atom stereocenters. The minimum absolute atomic E-state index is 0.0528. The summed E-state index contributed by atoms with van der Waals surface area (Å²) in [4.78, 5) is 24.4. The van der Waals surface area contributed by atoms with Crippen molar-refractivity contribution in [2.75, 3.05) is 21.3 Å². The number of esters is 1. The van der Waals surface area contributed by atoms with Crippen LogP contribution in [0.1, 0.15) is 24.2 Å². The first kappa shape index (κ1) is 18.5. The third-order valence-corrected chi connectivity index (χ3v) is 3.60. The number of hydrogen-bond acceptors (Lipinski definition) is 6. The van der Waals surface area contributed by atoms with E-state index < -0.39 is 11.5 Å². The summed E-state index contributed by atoms with van der Waals surface area (Å²) >= 11 is 0. The number of carbonyl (C=O) groups is 1. The average Bonchev–Trinajstić information content (AvgIpc) is 2.61. The molecule has 2 aromatic rings. The number of benzene rings is 1. The van der Waals surface area contributed by atoms with E-state index in [1.807, 2.05) is 13.8 Å². The Morgan fingerprint density at radius 3 is 2.36 bits per heavy atom. The molecule has 134 valence electrons. The van der Waals surface area contributed by atoms with Gasteiger partial charge in [-0.1, -0.05) is 13.8 Å². The monoisotopic (exact) mass is 346 g/mol. The lowest BCUT2D eigenvalue weighted by atomic mass is 10.1. The third kappa shape index (κ3) is 3.99. The molecular weight excluding hydrogens is 324 g/mol. The van der Waals surface area contributed by atoms with Crippen LogP contribution in [0.3, 0.4) is 0 Å². The van der Waals surface area contributed by atoms with Crippen LogP contribution in [0, 0.1) is 5.92 Å². The highest BCUT2D eigenvalue weighted by atomic mass is 16.5. The van der Waals surface area contributed by atoms with Crippen LogP contribution >= 0.6 is 0 Å². The number of aromatic nitrogens is 2. The quantitative estimate of drug-likeness (QED) is 0.747. The SMILES string of the molecule is COC(=O)c1cc(-c2ccc(OC)c(OC)c2)nn(CC(C)C)c1=O. The van der Waals surface area contributed by atoms with E-state index in [0.29, 0.717) is 29.3 Å². The van der Waals surface area contributed by atoms with Crippen LogP contribution in [0.5, 0.6) is 11.5 Å².